The Bertz CT molecular complexity index is 947. The van der Waals surface area contributed by atoms with Gasteiger partial charge in [0.05, 0.1) is 11.1 Å². The van der Waals surface area contributed by atoms with Crippen molar-refractivity contribution in [3.8, 4) is 16.9 Å². The third kappa shape index (κ3) is 2.14. The summed E-state index contributed by atoms with van der Waals surface area (Å²) in [6.45, 7) is 0. The van der Waals surface area contributed by atoms with Crippen LogP contribution in [0.25, 0.3) is 28.0 Å². The quantitative estimate of drug-likeness (QED) is 0.559. The van der Waals surface area contributed by atoms with E-state index in [-0.39, 0.29) is 0 Å². The second-order valence-corrected chi connectivity index (χ2v) is 5.30. The van der Waals surface area contributed by atoms with Gasteiger partial charge in [0.2, 0.25) is 0 Å². The molecule has 0 fully saturated rings. The highest BCUT2D eigenvalue weighted by atomic mass is 35.5. The average Bonchev–Trinajstić information content (AvgIpc) is 2.95. The van der Waals surface area contributed by atoms with Gasteiger partial charge in [-0.2, -0.15) is 5.10 Å². The highest BCUT2D eigenvalue weighted by Crippen LogP contribution is 2.28. The van der Waals surface area contributed by atoms with Crippen molar-refractivity contribution in [2.45, 2.75) is 0 Å². The SMILES string of the molecule is Clc1cccc(-n2nc(-c3ccccc3)c3cncnc32)c1. The van der Waals surface area contributed by atoms with Crippen LogP contribution < -0.4 is 0 Å². The summed E-state index contributed by atoms with van der Waals surface area (Å²) in [6.07, 6.45) is 3.32. The van der Waals surface area contributed by atoms with Crippen LogP contribution in [0.3, 0.4) is 0 Å². The molecule has 0 N–H and O–H groups in total. The Morgan fingerprint density at radius 2 is 1.82 bits per heavy atom. The van der Waals surface area contributed by atoms with Crippen molar-refractivity contribution < 1.29 is 0 Å². The maximum atomic E-state index is 6.10. The Morgan fingerprint density at radius 1 is 0.955 bits per heavy atom. The highest BCUT2D eigenvalue weighted by Gasteiger charge is 2.14. The minimum atomic E-state index is 0.663. The summed E-state index contributed by atoms with van der Waals surface area (Å²) in [5, 5.41) is 6.30. The fraction of sp³-hybridized carbons (Fsp3) is 0. The van der Waals surface area contributed by atoms with Gasteiger partial charge >= 0.3 is 0 Å². The monoisotopic (exact) mass is 306 g/mol. The molecule has 0 unspecified atom stereocenters. The molecule has 2 aromatic heterocycles. The van der Waals surface area contributed by atoms with Crippen LogP contribution in [0.15, 0.2) is 67.1 Å². The number of halogens is 1. The van der Waals surface area contributed by atoms with Crippen molar-refractivity contribution >= 4 is 22.6 Å². The van der Waals surface area contributed by atoms with Crippen molar-refractivity contribution in [1.82, 2.24) is 19.7 Å². The molecular weight excluding hydrogens is 296 g/mol. The Labute approximate surface area is 132 Å². The lowest BCUT2D eigenvalue weighted by molar-refractivity contribution is 0.899. The average molecular weight is 307 g/mol. The molecule has 5 heteroatoms. The molecule has 4 nitrogen and oxygen atoms in total. The second kappa shape index (κ2) is 5.24. The Kier molecular flexibility index (Phi) is 3.09. The molecule has 0 aliphatic rings. The van der Waals surface area contributed by atoms with Crippen LogP contribution in [0.1, 0.15) is 0 Å². The molecule has 22 heavy (non-hydrogen) atoms. The van der Waals surface area contributed by atoms with Crippen LogP contribution in [0.2, 0.25) is 5.02 Å². The van der Waals surface area contributed by atoms with Crippen LogP contribution >= 0.6 is 11.6 Å². The van der Waals surface area contributed by atoms with E-state index in [0.717, 1.165) is 28.0 Å². The van der Waals surface area contributed by atoms with E-state index in [4.69, 9.17) is 16.7 Å². The largest absolute Gasteiger partial charge is 0.244 e. The number of fused-ring (bicyclic) bond motifs is 1. The molecule has 0 spiro atoms. The Morgan fingerprint density at radius 3 is 2.64 bits per heavy atom. The van der Waals surface area contributed by atoms with E-state index in [2.05, 4.69) is 9.97 Å². The predicted molar refractivity (Wildman–Crippen MR) is 87.1 cm³/mol. The van der Waals surface area contributed by atoms with Gasteiger partial charge < -0.3 is 0 Å². The third-order valence-corrected chi connectivity index (χ3v) is 3.68. The molecule has 0 bridgehead atoms. The van der Waals surface area contributed by atoms with Crippen molar-refractivity contribution in [1.29, 1.82) is 0 Å². The van der Waals surface area contributed by atoms with Crippen LogP contribution in [-0.4, -0.2) is 19.7 Å². The number of benzene rings is 2. The standard InChI is InChI=1S/C17H11ClN4/c18-13-7-4-8-14(9-13)22-17-15(10-19-11-20-17)16(21-22)12-5-2-1-3-6-12/h1-11H. The summed E-state index contributed by atoms with van der Waals surface area (Å²) in [7, 11) is 0. The second-order valence-electron chi connectivity index (χ2n) is 4.87. The van der Waals surface area contributed by atoms with E-state index < -0.39 is 0 Å². The first-order chi connectivity index (χ1) is 10.8. The van der Waals surface area contributed by atoms with Gasteiger partial charge in [-0.15, -0.1) is 0 Å². The predicted octanol–water partition coefficient (Wildman–Crippen LogP) is 4.14. The fourth-order valence-electron chi connectivity index (χ4n) is 2.46. The van der Waals surface area contributed by atoms with Crippen LogP contribution in [0.4, 0.5) is 0 Å². The molecule has 0 atom stereocenters. The van der Waals surface area contributed by atoms with E-state index in [0.29, 0.717) is 5.02 Å². The lowest BCUT2D eigenvalue weighted by atomic mass is 10.1. The topological polar surface area (TPSA) is 43.6 Å². The minimum Gasteiger partial charge on any atom is -0.244 e. The van der Waals surface area contributed by atoms with Gasteiger partial charge in [0.1, 0.15) is 12.0 Å². The number of rotatable bonds is 2. The summed E-state index contributed by atoms with van der Waals surface area (Å²) in [5.74, 6) is 0. The summed E-state index contributed by atoms with van der Waals surface area (Å²) in [5.41, 5.74) is 3.52. The summed E-state index contributed by atoms with van der Waals surface area (Å²) >= 11 is 6.10. The molecule has 4 aromatic rings. The Hall–Kier alpha value is -2.72. The molecule has 0 saturated heterocycles. The minimum absolute atomic E-state index is 0.663. The molecule has 0 radical (unpaired) electrons. The van der Waals surface area contributed by atoms with Gasteiger partial charge in [-0.3, -0.25) is 0 Å². The van der Waals surface area contributed by atoms with Gasteiger partial charge in [0, 0.05) is 16.8 Å². The number of hydrogen-bond acceptors (Lipinski definition) is 3. The number of hydrogen-bond donors (Lipinski definition) is 0. The van der Waals surface area contributed by atoms with E-state index in [1.165, 1.54) is 6.33 Å². The smallest absolute Gasteiger partial charge is 0.166 e. The van der Waals surface area contributed by atoms with E-state index in [9.17, 15) is 0 Å². The first kappa shape index (κ1) is 13.0. The van der Waals surface area contributed by atoms with Gasteiger partial charge in [0.25, 0.3) is 0 Å². The normalized spacial score (nSPS) is 11.0. The van der Waals surface area contributed by atoms with E-state index in [1.54, 1.807) is 10.9 Å². The zero-order valence-corrected chi connectivity index (χ0v) is 12.3. The lowest BCUT2D eigenvalue weighted by Gasteiger charge is -2.02. The molecule has 0 saturated carbocycles. The molecule has 106 valence electrons. The maximum Gasteiger partial charge on any atom is 0.166 e. The van der Waals surface area contributed by atoms with Gasteiger partial charge in [-0.25, -0.2) is 14.6 Å². The summed E-state index contributed by atoms with van der Waals surface area (Å²) in [4.78, 5) is 8.51. The highest BCUT2D eigenvalue weighted by molar-refractivity contribution is 6.30. The third-order valence-electron chi connectivity index (χ3n) is 3.45. The van der Waals surface area contributed by atoms with Gasteiger partial charge in [-0.1, -0.05) is 48.0 Å². The molecule has 4 rings (SSSR count). The summed E-state index contributed by atoms with van der Waals surface area (Å²) in [6, 6.07) is 17.6. The van der Waals surface area contributed by atoms with Crippen molar-refractivity contribution in [3.63, 3.8) is 0 Å². The Balaban J connectivity index is 2.01. The molecule has 0 amide bonds. The van der Waals surface area contributed by atoms with Gasteiger partial charge in [-0.05, 0) is 18.2 Å². The first-order valence-corrected chi connectivity index (χ1v) is 7.21. The van der Waals surface area contributed by atoms with Crippen molar-refractivity contribution in [2.24, 2.45) is 0 Å². The van der Waals surface area contributed by atoms with Gasteiger partial charge in [0.15, 0.2) is 5.65 Å². The zero-order valence-electron chi connectivity index (χ0n) is 11.5. The van der Waals surface area contributed by atoms with Crippen molar-refractivity contribution in [3.05, 3.63) is 72.1 Å². The van der Waals surface area contributed by atoms with Crippen molar-refractivity contribution in [2.75, 3.05) is 0 Å². The molecule has 0 aliphatic heterocycles. The van der Waals surface area contributed by atoms with E-state index in [1.807, 2.05) is 54.6 Å². The van der Waals surface area contributed by atoms with Crippen LogP contribution in [-0.2, 0) is 0 Å². The molecule has 2 heterocycles. The summed E-state index contributed by atoms with van der Waals surface area (Å²) < 4.78 is 1.80. The van der Waals surface area contributed by atoms with Crippen LogP contribution in [0.5, 0.6) is 0 Å². The molecular formula is C17H11ClN4. The van der Waals surface area contributed by atoms with Crippen LogP contribution in [0, 0.1) is 0 Å². The zero-order chi connectivity index (χ0) is 14.9. The first-order valence-electron chi connectivity index (χ1n) is 6.83. The molecule has 2 aromatic carbocycles. The van der Waals surface area contributed by atoms with E-state index >= 15 is 0 Å². The number of nitrogens with zero attached hydrogens (tertiary/aromatic N) is 4. The number of aromatic nitrogens is 4. The molecule has 0 aliphatic carbocycles. The fourth-order valence-corrected chi connectivity index (χ4v) is 2.64. The lowest BCUT2D eigenvalue weighted by Crippen LogP contribution is -1.97. The maximum absolute atomic E-state index is 6.10.